The summed E-state index contributed by atoms with van der Waals surface area (Å²) in [5, 5.41) is 0. The van der Waals surface area contributed by atoms with Crippen molar-refractivity contribution < 1.29 is 18.4 Å². The molecule has 0 bridgehead atoms. The number of anilines is 1. The first-order chi connectivity index (χ1) is 8.41. The summed E-state index contributed by atoms with van der Waals surface area (Å²) in [7, 11) is 3.59. The molecule has 1 aliphatic heterocycles. The van der Waals surface area contributed by atoms with E-state index in [0.29, 0.717) is 12.6 Å². The number of ketones is 1. The number of rotatable bonds is 3. The highest BCUT2D eigenvalue weighted by molar-refractivity contribution is 6.52. The van der Waals surface area contributed by atoms with Crippen molar-refractivity contribution in [2.75, 3.05) is 32.1 Å². The van der Waals surface area contributed by atoms with Crippen molar-refractivity contribution in [3.63, 3.8) is 0 Å². The Morgan fingerprint density at radius 3 is 2.50 bits per heavy atom. The fraction of sp³-hybridized carbons (Fsp3) is 0.333. The molecule has 0 spiro atoms. The first-order valence-electron chi connectivity index (χ1n) is 5.42. The summed E-state index contributed by atoms with van der Waals surface area (Å²) in [6.07, 6.45) is 0. The lowest BCUT2D eigenvalue weighted by Crippen LogP contribution is -2.36. The van der Waals surface area contributed by atoms with E-state index in [1.54, 1.807) is 19.0 Å². The van der Waals surface area contributed by atoms with Crippen molar-refractivity contribution in [1.29, 1.82) is 0 Å². The third-order valence-corrected chi connectivity index (χ3v) is 2.75. The third-order valence-electron chi connectivity index (χ3n) is 2.75. The second kappa shape index (κ2) is 4.45. The Hall–Kier alpha value is -1.82. The molecule has 0 unspecified atom stereocenters. The summed E-state index contributed by atoms with van der Waals surface area (Å²) in [5.41, 5.74) is -0.315. The zero-order valence-electron chi connectivity index (χ0n) is 10.0. The monoisotopic (exact) mass is 254 g/mol. The molecule has 0 aliphatic carbocycles. The Kier molecular flexibility index (Phi) is 3.13. The summed E-state index contributed by atoms with van der Waals surface area (Å²) in [6, 6.07) is 1.57. The van der Waals surface area contributed by atoms with Crippen LogP contribution in [0.2, 0.25) is 0 Å². The van der Waals surface area contributed by atoms with Crippen molar-refractivity contribution in [2.24, 2.45) is 0 Å². The fourth-order valence-corrected chi connectivity index (χ4v) is 1.87. The highest BCUT2D eigenvalue weighted by Gasteiger charge is 2.38. The lowest BCUT2D eigenvalue weighted by atomic mass is 10.1. The summed E-state index contributed by atoms with van der Waals surface area (Å²) in [6.45, 7) is 0.669. The van der Waals surface area contributed by atoms with Crippen molar-refractivity contribution in [3.8, 4) is 0 Å². The molecular weight excluding hydrogens is 242 g/mol. The second-order valence-corrected chi connectivity index (χ2v) is 4.37. The SMILES string of the molecule is CN(C)CCN1C(=O)C(=O)c2cc(F)cc(F)c21. The number of fused-ring (bicyclic) bond motifs is 1. The average molecular weight is 254 g/mol. The number of carbonyl (C=O) groups is 2. The Balaban J connectivity index is 2.42. The first-order valence-corrected chi connectivity index (χ1v) is 5.42. The van der Waals surface area contributed by atoms with Gasteiger partial charge in [-0.05, 0) is 20.2 Å². The minimum Gasteiger partial charge on any atom is -0.308 e. The molecule has 1 amide bonds. The van der Waals surface area contributed by atoms with Gasteiger partial charge in [0.2, 0.25) is 0 Å². The van der Waals surface area contributed by atoms with E-state index < -0.39 is 23.3 Å². The lowest BCUT2D eigenvalue weighted by Gasteiger charge is -2.19. The topological polar surface area (TPSA) is 40.6 Å². The molecule has 0 fully saturated rings. The maximum atomic E-state index is 13.7. The molecule has 6 heteroatoms. The van der Waals surface area contributed by atoms with Crippen LogP contribution in [0.4, 0.5) is 14.5 Å². The Bertz CT molecular complexity index is 529. The molecule has 1 aromatic rings. The number of amides is 1. The number of benzene rings is 1. The highest BCUT2D eigenvalue weighted by atomic mass is 19.1. The summed E-state index contributed by atoms with van der Waals surface area (Å²) >= 11 is 0. The van der Waals surface area contributed by atoms with Gasteiger partial charge in [-0.3, -0.25) is 9.59 Å². The molecular formula is C12H12F2N2O2. The van der Waals surface area contributed by atoms with Gasteiger partial charge in [0.15, 0.2) is 5.82 Å². The molecule has 1 aromatic carbocycles. The summed E-state index contributed by atoms with van der Waals surface area (Å²) < 4.78 is 26.7. The van der Waals surface area contributed by atoms with E-state index in [4.69, 9.17) is 0 Å². The minimum atomic E-state index is -0.886. The van der Waals surface area contributed by atoms with Crippen molar-refractivity contribution >= 4 is 17.4 Å². The first kappa shape index (κ1) is 12.6. The Morgan fingerprint density at radius 2 is 1.89 bits per heavy atom. The van der Waals surface area contributed by atoms with Crippen molar-refractivity contribution in [1.82, 2.24) is 4.90 Å². The van der Waals surface area contributed by atoms with Gasteiger partial charge < -0.3 is 9.80 Å². The molecule has 0 saturated carbocycles. The van der Waals surface area contributed by atoms with Crippen molar-refractivity contribution in [3.05, 3.63) is 29.3 Å². The van der Waals surface area contributed by atoms with E-state index in [9.17, 15) is 18.4 Å². The van der Waals surface area contributed by atoms with Crippen LogP contribution in [0.15, 0.2) is 12.1 Å². The molecule has 0 atom stereocenters. The van der Waals surface area contributed by atoms with Gasteiger partial charge in [0.05, 0.1) is 11.3 Å². The molecule has 1 aliphatic rings. The zero-order valence-corrected chi connectivity index (χ0v) is 10.0. The van der Waals surface area contributed by atoms with Gasteiger partial charge in [0.25, 0.3) is 11.7 Å². The van der Waals surface area contributed by atoms with Gasteiger partial charge in [0, 0.05) is 19.2 Å². The smallest absolute Gasteiger partial charge is 0.299 e. The highest BCUT2D eigenvalue weighted by Crippen LogP contribution is 2.32. The molecule has 0 radical (unpaired) electrons. The van der Waals surface area contributed by atoms with Crippen LogP contribution < -0.4 is 4.90 Å². The minimum absolute atomic E-state index is 0.117. The van der Waals surface area contributed by atoms with Gasteiger partial charge >= 0.3 is 0 Å². The van der Waals surface area contributed by atoms with Gasteiger partial charge in [-0.2, -0.15) is 0 Å². The molecule has 0 saturated heterocycles. The summed E-state index contributed by atoms with van der Waals surface area (Å²) in [5.74, 6) is -3.41. The van der Waals surface area contributed by atoms with E-state index >= 15 is 0 Å². The van der Waals surface area contributed by atoms with Crippen LogP contribution in [-0.4, -0.2) is 43.8 Å². The van der Waals surface area contributed by atoms with Crippen LogP contribution in [0.25, 0.3) is 0 Å². The number of carbonyl (C=O) groups excluding carboxylic acids is 2. The van der Waals surface area contributed by atoms with E-state index in [1.807, 2.05) is 0 Å². The van der Waals surface area contributed by atoms with Crippen LogP contribution >= 0.6 is 0 Å². The van der Waals surface area contributed by atoms with E-state index in [2.05, 4.69) is 0 Å². The van der Waals surface area contributed by atoms with Crippen LogP contribution in [0, 0.1) is 11.6 Å². The third kappa shape index (κ3) is 1.99. The largest absolute Gasteiger partial charge is 0.308 e. The number of likely N-dealkylation sites (N-methyl/N-ethyl adjacent to an activating group) is 1. The van der Waals surface area contributed by atoms with Gasteiger partial charge in [-0.1, -0.05) is 0 Å². The van der Waals surface area contributed by atoms with E-state index in [1.165, 1.54) is 0 Å². The quantitative estimate of drug-likeness (QED) is 0.757. The molecule has 4 nitrogen and oxygen atoms in total. The summed E-state index contributed by atoms with van der Waals surface area (Å²) in [4.78, 5) is 26.2. The van der Waals surface area contributed by atoms with Crippen LogP contribution in [0.5, 0.6) is 0 Å². The number of hydrogen-bond acceptors (Lipinski definition) is 3. The van der Waals surface area contributed by atoms with Gasteiger partial charge in [-0.15, -0.1) is 0 Å². The molecule has 0 aromatic heterocycles. The van der Waals surface area contributed by atoms with Crippen LogP contribution in [0.1, 0.15) is 10.4 Å². The van der Waals surface area contributed by atoms with Crippen LogP contribution in [-0.2, 0) is 4.79 Å². The Labute approximate surface area is 103 Å². The fourth-order valence-electron chi connectivity index (χ4n) is 1.87. The molecule has 2 rings (SSSR count). The van der Waals surface area contributed by atoms with Crippen molar-refractivity contribution in [2.45, 2.75) is 0 Å². The molecule has 0 N–H and O–H groups in total. The van der Waals surface area contributed by atoms with E-state index in [0.717, 1.165) is 11.0 Å². The number of Topliss-reactive ketones (excluding diaryl/α,β-unsaturated/α-hetero) is 1. The van der Waals surface area contributed by atoms with Crippen LogP contribution in [0.3, 0.4) is 0 Å². The predicted molar refractivity (Wildman–Crippen MR) is 61.6 cm³/mol. The molecule has 96 valence electrons. The zero-order chi connectivity index (χ0) is 13.4. The predicted octanol–water partition coefficient (Wildman–Crippen LogP) is 1.06. The second-order valence-electron chi connectivity index (χ2n) is 4.37. The number of hydrogen-bond donors (Lipinski definition) is 0. The maximum absolute atomic E-state index is 13.7. The van der Waals surface area contributed by atoms with Gasteiger partial charge in [-0.25, -0.2) is 8.78 Å². The van der Waals surface area contributed by atoms with E-state index in [-0.39, 0.29) is 17.8 Å². The normalized spacial score (nSPS) is 14.6. The number of halogens is 2. The number of nitrogens with zero attached hydrogens (tertiary/aromatic N) is 2. The maximum Gasteiger partial charge on any atom is 0.299 e. The lowest BCUT2D eigenvalue weighted by molar-refractivity contribution is -0.114. The molecule has 18 heavy (non-hydrogen) atoms. The molecule has 1 heterocycles. The van der Waals surface area contributed by atoms with Gasteiger partial charge in [0.1, 0.15) is 5.82 Å². The Morgan fingerprint density at radius 1 is 1.22 bits per heavy atom. The average Bonchev–Trinajstić information content (AvgIpc) is 2.51. The standard InChI is InChI=1S/C12H12F2N2O2/c1-15(2)3-4-16-10-8(11(17)12(16)18)5-7(13)6-9(10)14/h5-6H,3-4H2,1-2H3.